The Bertz CT molecular complexity index is 1480. The van der Waals surface area contributed by atoms with E-state index in [0.29, 0.717) is 30.9 Å². The molecule has 1 atom stereocenters. The molecule has 3 aromatic carbocycles. The molecule has 4 aromatic rings. The van der Waals surface area contributed by atoms with E-state index in [1.54, 1.807) is 14.2 Å². The molecule has 0 aliphatic carbocycles. The third kappa shape index (κ3) is 6.17. The number of likely N-dealkylation sites (N-methyl/N-ethyl adjacent to an activating group) is 1. The Kier molecular flexibility index (Phi) is 9.49. The molecular formula is C33H39F2N3O4. The molecule has 1 saturated heterocycles. The maximum Gasteiger partial charge on any atom is 0.199 e. The normalized spacial score (nSPS) is 14.8. The second kappa shape index (κ2) is 13.4. The zero-order valence-corrected chi connectivity index (χ0v) is 24.5. The molecule has 1 aliphatic rings. The van der Waals surface area contributed by atoms with Gasteiger partial charge in [-0.15, -0.1) is 0 Å². The molecule has 0 saturated carbocycles. The molecule has 224 valence electrons. The van der Waals surface area contributed by atoms with Crippen LogP contribution in [0.15, 0.2) is 60.8 Å². The van der Waals surface area contributed by atoms with Crippen molar-refractivity contribution < 1.29 is 28.1 Å². The molecule has 0 amide bonds. The molecule has 0 spiro atoms. The highest BCUT2D eigenvalue weighted by atomic mass is 19.1. The molecule has 1 fully saturated rings. The molecule has 2 heterocycles. The van der Waals surface area contributed by atoms with Gasteiger partial charge in [0.05, 0.1) is 26.9 Å². The smallest absolute Gasteiger partial charge is 0.199 e. The maximum atomic E-state index is 14.0. The summed E-state index contributed by atoms with van der Waals surface area (Å²) in [5, 5.41) is 13.3. The van der Waals surface area contributed by atoms with Gasteiger partial charge in [0.2, 0.25) is 0 Å². The Balaban J connectivity index is 1.42. The monoisotopic (exact) mass is 579 g/mol. The third-order valence-electron chi connectivity index (χ3n) is 8.20. The van der Waals surface area contributed by atoms with E-state index in [1.807, 2.05) is 41.1 Å². The van der Waals surface area contributed by atoms with E-state index in [1.165, 1.54) is 18.2 Å². The largest absolute Gasteiger partial charge is 0.494 e. The number of fused-ring (bicyclic) bond motifs is 1. The average Bonchev–Trinajstić information content (AvgIpc) is 3.35. The molecule has 5 rings (SSSR count). The van der Waals surface area contributed by atoms with Crippen molar-refractivity contribution in [3.63, 3.8) is 0 Å². The van der Waals surface area contributed by atoms with E-state index >= 15 is 0 Å². The summed E-state index contributed by atoms with van der Waals surface area (Å²) in [4.78, 5) is 4.83. The summed E-state index contributed by atoms with van der Waals surface area (Å²) in [6, 6.07) is 15.4. The number of benzene rings is 3. The molecule has 1 N–H and O–H groups in total. The van der Waals surface area contributed by atoms with Gasteiger partial charge in [0.15, 0.2) is 17.4 Å². The summed E-state index contributed by atoms with van der Waals surface area (Å²) in [7, 11) is 3.19. The van der Waals surface area contributed by atoms with Crippen LogP contribution in [0.2, 0.25) is 0 Å². The van der Waals surface area contributed by atoms with Crippen LogP contribution < -0.4 is 14.4 Å². The Morgan fingerprint density at radius 2 is 1.60 bits per heavy atom. The number of rotatable bonds is 12. The lowest BCUT2D eigenvalue weighted by molar-refractivity contribution is 0.110. The number of aromatic nitrogens is 1. The molecule has 42 heavy (non-hydrogen) atoms. The van der Waals surface area contributed by atoms with Gasteiger partial charge in [-0.3, -0.25) is 0 Å². The van der Waals surface area contributed by atoms with Gasteiger partial charge in [-0.25, -0.2) is 8.78 Å². The fraction of sp³-hybridized carbons (Fsp3) is 0.394. The van der Waals surface area contributed by atoms with Crippen molar-refractivity contribution in [1.29, 1.82) is 0 Å². The lowest BCUT2D eigenvalue weighted by Gasteiger charge is -2.35. The van der Waals surface area contributed by atoms with Gasteiger partial charge in [-0.1, -0.05) is 25.1 Å². The minimum absolute atomic E-state index is 0.0736. The predicted molar refractivity (Wildman–Crippen MR) is 161 cm³/mol. The number of aromatic hydroxyl groups is 1. The van der Waals surface area contributed by atoms with Crippen LogP contribution in [-0.4, -0.2) is 68.1 Å². The Labute approximate surface area is 245 Å². The van der Waals surface area contributed by atoms with Crippen LogP contribution >= 0.6 is 0 Å². The topological polar surface area (TPSA) is 59.3 Å². The van der Waals surface area contributed by atoms with Crippen LogP contribution in [0.1, 0.15) is 36.9 Å². The summed E-state index contributed by atoms with van der Waals surface area (Å²) in [6.07, 6.45) is 3.23. The lowest BCUT2D eigenvalue weighted by atomic mass is 10.0. The molecule has 0 bridgehead atoms. The van der Waals surface area contributed by atoms with Gasteiger partial charge >= 0.3 is 0 Å². The highest BCUT2D eigenvalue weighted by molar-refractivity contribution is 5.98. The van der Waals surface area contributed by atoms with Crippen molar-refractivity contribution in [2.45, 2.75) is 32.4 Å². The van der Waals surface area contributed by atoms with Crippen molar-refractivity contribution in [2.75, 3.05) is 58.5 Å². The van der Waals surface area contributed by atoms with Crippen molar-refractivity contribution in [3.05, 3.63) is 83.6 Å². The number of halogens is 2. The maximum absolute atomic E-state index is 14.0. The van der Waals surface area contributed by atoms with Crippen LogP contribution in [-0.2, 0) is 11.3 Å². The fourth-order valence-electron chi connectivity index (χ4n) is 5.79. The zero-order valence-electron chi connectivity index (χ0n) is 24.5. The first-order chi connectivity index (χ1) is 20.4. The Morgan fingerprint density at radius 3 is 2.29 bits per heavy atom. The Hall–Kier alpha value is -3.82. The molecule has 9 heteroatoms. The lowest BCUT2D eigenvalue weighted by Crippen LogP contribution is -2.46. The minimum atomic E-state index is -0.617. The zero-order chi connectivity index (χ0) is 29.6. The number of hydrogen-bond acceptors (Lipinski definition) is 6. The quantitative estimate of drug-likeness (QED) is 0.197. The fourth-order valence-corrected chi connectivity index (χ4v) is 5.79. The summed E-state index contributed by atoms with van der Waals surface area (Å²) in [5.74, 6) is 0.166. The first kappa shape index (κ1) is 29.7. The number of piperazine rings is 1. The van der Waals surface area contributed by atoms with E-state index in [0.717, 1.165) is 54.7 Å². The van der Waals surface area contributed by atoms with Crippen LogP contribution in [0.4, 0.5) is 14.5 Å². The molecular weight excluding hydrogens is 540 g/mol. The highest BCUT2D eigenvalue weighted by Gasteiger charge is 2.24. The first-order valence-electron chi connectivity index (χ1n) is 14.5. The molecule has 0 radical (unpaired) electrons. The van der Waals surface area contributed by atoms with Crippen LogP contribution in [0.5, 0.6) is 17.4 Å². The van der Waals surface area contributed by atoms with E-state index in [9.17, 15) is 13.9 Å². The van der Waals surface area contributed by atoms with Crippen LogP contribution in [0, 0.1) is 11.6 Å². The number of ether oxygens (including phenoxy) is 3. The molecule has 7 nitrogen and oxygen atoms in total. The summed E-state index contributed by atoms with van der Waals surface area (Å²) < 4.78 is 46.7. The van der Waals surface area contributed by atoms with Gasteiger partial charge in [-0.05, 0) is 61.3 Å². The third-order valence-corrected chi connectivity index (χ3v) is 8.20. The summed E-state index contributed by atoms with van der Waals surface area (Å²) >= 11 is 0. The van der Waals surface area contributed by atoms with Gasteiger partial charge < -0.3 is 33.7 Å². The Morgan fingerprint density at radius 1 is 0.881 bits per heavy atom. The molecule has 1 aliphatic heterocycles. The second-order valence-electron chi connectivity index (χ2n) is 10.5. The van der Waals surface area contributed by atoms with Crippen molar-refractivity contribution >= 4 is 16.5 Å². The van der Waals surface area contributed by atoms with Gasteiger partial charge in [-0.2, -0.15) is 0 Å². The van der Waals surface area contributed by atoms with Crippen molar-refractivity contribution in [1.82, 2.24) is 9.47 Å². The number of methoxy groups -OCH3 is 2. The summed E-state index contributed by atoms with van der Waals surface area (Å²) in [6.45, 7) is 7.25. The van der Waals surface area contributed by atoms with Crippen molar-refractivity contribution in [3.8, 4) is 17.4 Å². The van der Waals surface area contributed by atoms with Crippen molar-refractivity contribution in [2.24, 2.45) is 0 Å². The van der Waals surface area contributed by atoms with E-state index in [-0.39, 0.29) is 24.1 Å². The molecule has 0 unspecified atom stereocenters. The first-order valence-corrected chi connectivity index (χ1v) is 14.5. The summed E-state index contributed by atoms with van der Waals surface area (Å²) in [5.41, 5.74) is 1.97. The van der Waals surface area contributed by atoms with Gasteiger partial charge in [0.1, 0.15) is 11.6 Å². The van der Waals surface area contributed by atoms with Crippen LogP contribution in [0.3, 0.4) is 0 Å². The van der Waals surface area contributed by atoms with E-state index < -0.39 is 11.6 Å². The number of hydrogen-bond donors (Lipinski definition) is 1. The predicted octanol–water partition coefficient (Wildman–Crippen LogP) is 6.37. The van der Waals surface area contributed by atoms with E-state index in [2.05, 4.69) is 22.8 Å². The SMILES string of the molecule is CCN1CCN(c2cccc3c(O)n([C@H](CCCOCc4c(F)cccc4F)c4ccc(OC)c(OC)c4)cc23)CC1. The highest BCUT2D eigenvalue weighted by Crippen LogP contribution is 2.40. The minimum Gasteiger partial charge on any atom is -0.494 e. The van der Waals surface area contributed by atoms with Gasteiger partial charge in [0, 0.05) is 61.0 Å². The average molecular weight is 580 g/mol. The van der Waals surface area contributed by atoms with E-state index in [4.69, 9.17) is 14.2 Å². The second-order valence-corrected chi connectivity index (χ2v) is 10.5. The molecule has 1 aromatic heterocycles. The van der Waals surface area contributed by atoms with Gasteiger partial charge in [0.25, 0.3) is 0 Å². The van der Waals surface area contributed by atoms with Crippen LogP contribution in [0.25, 0.3) is 10.8 Å². The number of nitrogens with zero attached hydrogens (tertiary/aromatic N) is 3. The number of anilines is 1. The standard InChI is InChI=1S/C33H39F2N3O4/c1-4-36-15-17-37(18-16-36)30-11-5-8-24-25(30)21-38(33(24)39)29(23-13-14-31(40-2)32(20-23)41-3)12-7-19-42-22-26-27(34)9-6-10-28(26)35/h5-6,8-11,13-14,20-21,29,39H,4,7,12,15-19,22H2,1-3H3/t29-/m1/s1.